The van der Waals surface area contributed by atoms with Crippen LogP contribution in [0.1, 0.15) is 43.4 Å². The van der Waals surface area contributed by atoms with E-state index < -0.39 is 0 Å². The summed E-state index contributed by atoms with van der Waals surface area (Å²) in [6.45, 7) is 7.09. The Bertz CT molecular complexity index is 855. The van der Waals surface area contributed by atoms with Crippen molar-refractivity contribution in [2.45, 2.75) is 38.6 Å². The van der Waals surface area contributed by atoms with Crippen LogP contribution in [-0.4, -0.2) is 55.4 Å². The number of nitrogens with zero attached hydrogens (tertiary/aromatic N) is 2. The first-order chi connectivity index (χ1) is 15.6. The van der Waals surface area contributed by atoms with Crippen LogP contribution in [-0.2, 0) is 11.2 Å². The van der Waals surface area contributed by atoms with Crippen molar-refractivity contribution in [1.29, 1.82) is 0 Å². The van der Waals surface area contributed by atoms with Crippen LogP contribution >= 0.6 is 0 Å². The number of benzene rings is 2. The molecule has 2 aromatic carbocycles. The lowest BCUT2D eigenvalue weighted by Crippen LogP contribution is -2.45. The van der Waals surface area contributed by atoms with Crippen molar-refractivity contribution in [1.82, 2.24) is 10.2 Å². The van der Waals surface area contributed by atoms with Crippen LogP contribution in [0.25, 0.3) is 0 Å². The fraction of sp³-hybridized carbons (Fsp3) is 0.500. The molecular weight excluding hydrogens is 402 g/mol. The van der Waals surface area contributed by atoms with Gasteiger partial charge in [-0.15, -0.1) is 0 Å². The molecule has 6 heteroatoms. The van der Waals surface area contributed by atoms with E-state index in [4.69, 9.17) is 4.74 Å². The standard InChI is InChI=1S/C26H35N3O3/c1-20(23-6-8-24(9-7-23)28-16-18-32-19-17-28)27-26(31)29-14-12-22(13-15-29)3-2-21-4-10-25(30)11-5-21/h4-11,20,22,30H,2-3,12-19H2,1H3,(H,27,31). The molecule has 2 fully saturated rings. The summed E-state index contributed by atoms with van der Waals surface area (Å²) in [6, 6.07) is 16.0. The zero-order chi connectivity index (χ0) is 22.3. The van der Waals surface area contributed by atoms with Crippen LogP contribution < -0.4 is 10.2 Å². The minimum atomic E-state index is -0.0199. The van der Waals surface area contributed by atoms with Gasteiger partial charge in [-0.25, -0.2) is 4.79 Å². The van der Waals surface area contributed by atoms with Crippen LogP contribution in [0.3, 0.4) is 0 Å². The second kappa shape index (κ2) is 10.7. The maximum Gasteiger partial charge on any atom is 0.317 e. The summed E-state index contributed by atoms with van der Waals surface area (Å²) in [5, 5.41) is 12.6. The van der Waals surface area contributed by atoms with E-state index in [1.54, 1.807) is 12.1 Å². The second-order valence-electron chi connectivity index (χ2n) is 9.00. The summed E-state index contributed by atoms with van der Waals surface area (Å²) in [4.78, 5) is 17.1. The average molecular weight is 438 g/mol. The van der Waals surface area contributed by atoms with E-state index in [1.807, 2.05) is 24.0 Å². The highest BCUT2D eigenvalue weighted by Crippen LogP contribution is 2.24. The third-order valence-electron chi connectivity index (χ3n) is 6.79. The minimum absolute atomic E-state index is 0.0199. The van der Waals surface area contributed by atoms with E-state index in [-0.39, 0.29) is 12.1 Å². The van der Waals surface area contributed by atoms with Gasteiger partial charge in [0, 0.05) is 31.9 Å². The Hall–Kier alpha value is -2.73. The second-order valence-corrected chi connectivity index (χ2v) is 9.00. The summed E-state index contributed by atoms with van der Waals surface area (Å²) in [6.07, 6.45) is 4.25. The van der Waals surface area contributed by atoms with Crippen molar-refractivity contribution >= 4 is 11.7 Å². The number of ether oxygens (including phenoxy) is 1. The predicted molar refractivity (Wildman–Crippen MR) is 127 cm³/mol. The summed E-state index contributed by atoms with van der Waals surface area (Å²) in [5.74, 6) is 0.966. The van der Waals surface area contributed by atoms with Gasteiger partial charge in [0.2, 0.25) is 0 Å². The van der Waals surface area contributed by atoms with Crippen LogP contribution in [0.2, 0.25) is 0 Å². The lowest BCUT2D eigenvalue weighted by Gasteiger charge is -2.33. The van der Waals surface area contributed by atoms with E-state index in [0.29, 0.717) is 11.7 Å². The van der Waals surface area contributed by atoms with Gasteiger partial charge in [-0.2, -0.15) is 0 Å². The maximum absolute atomic E-state index is 12.8. The zero-order valence-electron chi connectivity index (χ0n) is 19.0. The van der Waals surface area contributed by atoms with E-state index in [0.717, 1.165) is 70.6 Å². The summed E-state index contributed by atoms with van der Waals surface area (Å²) < 4.78 is 5.43. The average Bonchev–Trinajstić information content (AvgIpc) is 2.84. The third kappa shape index (κ3) is 5.94. The number of urea groups is 1. The number of hydrogen-bond donors (Lipinski definition) is 2. The fourth-order valence-corrected chi connectivity index (χ4v) is 4.61. The molecule has 2 amide bonds. The molecule has 2 N–H and O–H groups in total. The van der Waals surface area contributed by atoms with Gasteiger partial charge in [0.15, 0.2) is 0 Å². The molecular formula is C26H35N3O3. The Morgan fingerprint density at radius 2 is 1.69 bits per heavy atom. The molecule has 2 saturated heterocycles. The number of piperidine rings is 1. The van der Waals surface area contributed by atoms with Crippen molar-refractivity contribution in [2.24, 2.45) is 5.92 Å². The SMILES string of the molecule is CC(NC(=O)N1CCC(CCc2ccc(O)cc2)CC1)c1ccc(N2CCOCC2)cc1. The number of anilines is 1. The Balaban J connectivity index is 1.20. The smallest absolute Gasteiger partial charge is 0.317 e. The number of carbonyl (C=O) groups excluding carboxylic acids is 1. The van der Waals surface area contributed by atoms with E-state index in [1.165, 1.54) is 11.3 Å². The monoisotopic (exact) mass is 437 g/mol. The number of hydrogen-bond acceptors (Lipinski definition) is 4. The van der Waals surface area contributed by atoms with Gasteiger partial charge in [0.25, 0.3) is 0 Å². The number of aryl methyl sites for hydroxylation is 1. The molecule has 0 aromatic heterocycles. The van der Waals surface area contributed by atoms with Crippen LogP contribution in [0.4, 0.5) is 10.5 Å². The van der Waals surface area contributed by atoms with Gasteiger partial charge in [-0.1, -0.05) is 24.3 Å². The third-order valence-corrected chi connectivity index (χ3v) is 6.79. The number of nitrogens with one attached hydrogen (secondary N) is 1. The first kappa shape index (κ1) is 22.5. The van der Waals surface area contributed by atoms with E-state index in [2.05, 4.69) is 34.5 Å². The van der Waals surface area contributed by atoms with Crippen molar-refractivity contribution in [3.63, 3.8) is 0 Å². The number of likely N-dealkylation sites (tertiary alicyclic amines) is 1. The molecule has 0 radical (unpaired) electrons. The number of carbonyl (C=O) groups is 1. The molecule has 1 atom stereocenters. The van der Waals surface area contributed by atoms with E-state index >= 15 is 0 Å². The Morgan fingerprint density at radius 1 is 1.03 bits per heavy atom. The van der Waals surface area contributed by atoms with Crippen molar-refractivity contribution < 1.29 is 14.6 Å². The van der Waals surface area contributed by atoms with Gasteiger partial charge < -0.3 is 25.0 Å². The summed E-state index contributed by atoms with van der Waals surface area (Å²) in [7, 11) is 0. The number of morpholine rings is 1. The number of phenolic OH excluding ortho intramolecular Hbond substituents is 1. The lowest BCUT2D eigenvalue weighted by molar-refractivity contribution is 0.122. The van der Waals surface area contributed by atoms with Crippen molar-refractivity contribution in [3.05, 3.63) is 59.7 Å². The molecule has 0 spiro atoms. The molecule has 2 aliphatic rings. The molecule has 0 saturated carbocycles. The van der Waals surface area contributed by atoms with Gasteiger partial charge in [0.1, 0.15) is 5.75 Å². The minimum Gasteiger partial charge on any atom is -0.508 e. The Kier molecular flexibility index (Phi) is 7.53. The highest BCUT2D eigenvalue weighted by atomic mass is 16.5. The first-order valence-corrected chi connectivity index (χ1v) is 11.8. The van der Waals surface area contributed by atoms with Crippen LogP contribution in [0.5, 0.6) is 5.75 Å². The molecule has 2 aliphatic heterocycles. The highest BCUT2D eigenvalue weighted by molar-refractivity contribution is 5.74. The van der Waals surface area contributed by atoms with Gasteiger partial charge >= 0.3 is 6.03 Å². The highest BCUT2D eigenvalue weighted by Gasteiger charge is 2.24. The molecule has 172 valence electrons. The van der Waals surface area contributed by atoms with Crippen molar-refractivity contribution in [2.75, 3.05) is 44.3 Å². The topological polar surface area (TPSA) is 65.0 Å². The van der Waals surface area contributed by atoms with Crippen molar-refractivity contribution in [3.8, 4) is 5.75 Å². The number of rotatable bonds is 6. The molecule has 32 heavy (non-hydrogen) atoms. The molecule has 6 nitrogen and oxygen atoms in total. The fourth-order valence-electron chi connectivity index (χ4n) is 4.61. The number of amides is 2. The summed E-state index contributed by atoms with van der Waals surface area (Å²) >= 11 is 0. The Labute approximate surface area is 191 Å². The summed E-state index contributed by atoms with van der Waals surface area (Å²) in [5.41, 5.74) is 3.60. The van der Waals surface area contributed by atoms with Gasteiger partial charge in [0.05, 0.1) is 19.3 Å². The maximum atomic E-state index is 12.8. The van der Waals surface area contributed by atoms with Crippen LogP contribution in [0.15, 0.2) is 48.5 Å². The predicted octanol–water partition coefficient (Wildman–Crippen LogP) is 4.34. The molecule has 2 heterocycles. The molecule has 0 aliphatic carbocycles. The molecule has 1 unspecified atom stereocenters. The first-order valence-electron chi connectivity index (χ1n) is 11.8. The quantitative estimate of drug-likeness (QED) is 0.705. The molecule has 4 rings (SSSR count). The Morgan fingerprint density at radius 3 is 2.34 bits per heavy atom. The van der Waals surface area contributed by atoms with Crippen LogP contribution in [0, 0.1) is 5.92 Å². The van der Waals surface area contributed by atoms with E-state index in [9.17, 15) is 9.90 Å². The lowest BCUT2D eigenvalue weighted by atomic mass is 9.90. The number of aromatic hydroxyl groups is 1. The molecule has 0 bridgehead atoms. The zero-order valence-corrected chi connectivity index (χ0v) is 19.0. The number of phenols is 1. The molecule has 2 aromatic rings. The van der Waals surface area contributed by atoms with Gasteiger partial charge in [-0.3, -0.25) is 0 Å². The largest absolute Gasteiger partial charge is 0.508 e. The normalized spacial score (nSPS) is 18.4. The van der Waals surface area contributed by atoms with Gasteiger partial charge in [-0.05, 0) is 73.9 Å².